The van der Waals surface area contributed by atoms with Gasteiger partial charge in [-0.3, -0.25) is 10.1 Å². The van der Waals surface area contributed by atoms with Gasteiger partial charge in [0, 0.05) is 12.1 Å². The van der Waals surface area contributed by atoms with Crippen molar-refractivity contribution < 1.29 is 23.5 Å². The van der Waals surface area contributed by atoms with Crippen molar-refractivity contribution in [3.05, 3.63) is 30.2 Å². The van der Waals surface area contributed by atoms with Gasteiger partial charge in [-0.15, -0.1) is 0 Å². The Morgan fingerprint density at radius 1 is 1.33 bits per heavy atom. The molecule has 1 aromatic rings. The van der Waals surface area contributed by atoms with Gasteiger partial charge < -0.3 is 14.5 Å². The summed E-state index contributed by atoms with van der Waals surface area (Å²) in [5, 5.41) is 4.96. The quantitative estimate of drug-likeness (QED) is 0.636. The van der Waals surface area contributed by atoms with Crippen LogP contribution >= 0.6 is 0 Å². The first-order valence-corrected chi connectivity index (χ1v) is 8.03. The van der Waals surface area contributed by atoms with E-state index in [0.29, 0.717) is 11.7 Å². The summed E-state index contributed by atoms with van der Waals surface area (Å²) in [5.74, 6) is -0.472. The van der Waals surface area contributed by atoms with Crippen molar-refractivity contribution in [1.82, 2.24) is 10.6 Å². The Bertz CT molecular complexity index is 594. The first kappa shape index (κ1) is 17.8. The molecule has 1 heterocycles. The maximum atomic E-state index is 11.8. The Balaban J connectivity index is 1.66. The number of esters is 1. The summed E-state index contributed by atoms with van der Waals surface area (Å²) >= 11 is 0. The topological polar surface area (TPSA) is 97.6 Å². The first-order valence-electron chi connectivity index (χ1n) is 8.03. The van der Waals surface area contributed by atoms with Gasteiger partial charge in [0.1, 0.15) is 5.76 Å². The van der Waals surface area contributed by atoms with Gasteiger partial charge in [-0.1, -0.05) is 19.8 Å². The van der Waals surface area contributed by atoms with Gasteiger partial charge in [0.2, 0.25) is 0 Å². The normalized spacial score (nSPS) is 20.5. The highest BCUT2D eigenvalue weighted by molar-refractivity contribution is 5.96. The fourth-order valence-corrected chi connectivity index (χ4v) is 2.62. The summed E-state index contributed by atoms with van der Waals surface area (Å²) in [4.78, 5) is 34.9. The molecule has 130 valence electrons. The molecule has 0 bridgehead atoms. The van der Waals surface area contributed by atoms with Crippen LogP contribution in [0.2, 0.25) is 0 Å². The van der Waals surface area contributed by atoms with Crippen molar-refractivity contribution in [1.29, 1.82) is 0 Å². The predicted octanol–water partition coefficient (Wildman–Crippen LogP) is 2.24. The minimum Gasteiger partial charge on any atom is -0.465 e. The number of carbonyl (C=O) groups excluding carboxylic acids is 3. The lowest BCUT2D eigenvalue weighted by Gasteiger charge is -2.29. The standard InChI is InChI=1S/C17H22N2O5/c1-12-5-2-3-7-14(12)18-17(22)19-15(20)11-24-16(21)9-8-13-6-4-10-23-13/h4,6,8-10,12,14H,2-3,5,7,11H2,1H3,(H2,18,19,20,22)/b9-8+/t12-,14-/m1/s1. The molecule has 1 aliphatic rings. The minimum absolute atomic E-state index is 0.0744. The summed E-state index contributed by atoms with van der Waals surface area (Å²) < 4.78 is 9.77. The average molecular weight is 334 g/mol. The second kappa shape index (κ2) is 8.90. The SMILES string of the molecule is C[C@@H]1CCCC[C@H]1NC(=O)NC(=O)COC(=O)/C=C/c1ccco1. The van der Waals surface area contributed by atoms with E-state index in [9.17, 15) is 14.4 Å². The van der Waals surface area contributed by atoms with Crippen molar-refractivity contribution in [3.8, 4) is 0 Å². The zero-order valence-electron chi connectivity index (χ0n) is 13.6. The molecule has 0 saturated heterocycles. The Hall–Kier alpha value is -2.57. The molecule has 0 unspecified atom stereocenters. The summed E-state index contributed by atoms with van der Waals surface area (Å²) in [5.41, 5.74) is 0. The van der Waals surface area contributed by atoms with Crippen molar-refractivity contribution in [2.75, 3.05) is 6.61 Å². The minimum atomic E-state index is -0.692. The molecule has 0 spiro atoms. The molecule has 1 aliphatic carbocycles. The van der Waals surface area contributed by atoms with Gasteiger partial charge in [-0.25, -0.2) is 9.59 Å². The van der Waals surface area contributed by atoms with E-state index < -0.39 is 24.5 Å². The van der Waals surface area contributed by atoms with Crippen LogP contribution in [0, 0.1) is 5.92 Å². The molecule has 0 aliphatic heterocycles. The van der Waals surface area contributed by atoms with E-state index in [2.05, 4.69) is 17.6 Å². The van der Waals surface area contributed by atoms with E-state index in [-0.39, 0.29) is 6.04 Å². The van der Waals surface area contributed by atoms with E-state index >= 15 is 0 Å². The number of imide groups is 1. The number of nitrogens with one attached hydrogen (secondary N) is 2. The number of amides is 3. The average Bonchev–Trinajstić information content (AvgIpc) is 3.06. The Labute approximate surface area is 140 Å². The molecule has 7 heteroatoms. The zero-order chi connectivity index (χ0) is 17.4. The van der Waals surface area contributed by atoms with Crippen LogP contribution in [-0.4, -0.2) is 30.6 Å². The highest BCUT2D eigenvalue weighted by Crippen LogP contribution is 2.23. The van der Waals surface area contributed by atoms with Crippen LogP contribution in [-0.2, 0) is 14.3 Å². The molecule has 0 aromatic carbocycles. The predicted molar refractivity (Wildman–Crippen MR) is 86.8 cm³/mol. The molecular weight excluding hydrogens is 312 g/mol. The van der Waals surface area contributed by atoms with Gasteiger partial charge in [0.15, 0.2) is 6.61 Å². The highest BCUT2D eigenvalue weighted by atomic mass is 16.5. The molecule has 2 rings (SSSR count). The third-order valence-corrected chi connectivity index (χ3v) is 3.95. The first-order chi connectivity index (χ1) is 11.5. The number of ether oxygens (including phenoxy) is 1. The Morgan fingerprint density at radius 2 is 2.12 bits per heavy atom. The maximum absolute atomic E-state index is 11.8. The molecule has 24 heavy (non-hydrogen) atoms. The lowest BCUT2D eigenvalue weighted by atomic mass is 9.86. The van der Waals surface area contributed by atoms with Crippen LogP contribution in [0.4, 0.5) is 4.79 Å². The van der Waals surface area contributed by atoms with Crippen LogP contribution in [0.5, 0.6) is 0 Å². The summed E-state index contributed by atoms with van der Waals surface area (Å²) in [6, 6.07) is 2.88. The molecule has 2 N–H and O–H groups in total. The van der Waals surface area contributed by atoms with E-state index in [1.165, 1.54) is 18.8 Å². The van der Waals surface area contributed by atoms with Gasteiger partial charge in [0.05, 0.1) is 6.26 Å². The lowest BCUT2D eigenvalue weighted by Crippen LogP contribution is -2.48. The van der Waals surface area contributed by atoms with E-state index in [1.807, 2.05) is 0 Å². The van der Waals surface area contributed by atoms with Crippen LogP contribution in [0.3, 0.4) is 0 Å². The van der Waals surface area contributed by atoms with E-state index in [1.54, 1.807) is 12.1 Å². The third-order valence-electron chi connectivity index (χ3n) is 3.95. The third kappa shape index (κ3) is 5.91. The second-order valence-electron chi connectivity index (χ2n) is 5.85. The van der Waals surface area contributed by atoms with Gasteiger partial charge in [-0.2, -0.15) is 0 Å². The van der Waals surface area contributed by atoms with Crippen molar-refractivity contribution in [2.45, 2.75) is 38.6 Å². The molecule has 1 fully saturated rings. The monoisotopic (exact) mass is 334 g/mol. The molecule has 1 saturated carbocycles. The Kier molecular flexibility index (Phi) is 6.60. The van der Waals surface area contributed by atoms with Crippen molar-refractivity contribution in [3.63, 3.8) is 0 Å². The van der Waals surface area contributed by atoms with Gasteiger partial charge in [-0.05, 0) is 37.0 Å². The number of furan rings is 1. The fraction of sp³-hybridized carbons (Fsp3) is 0.471. The van der Waals surface area contributed by atoms with E-state index in [4.69, 9.17) is 9.15 Å². The van der Waals surface area contributed by atoms with Crippen LogP contribution in [0.25, 0.3) is 6.08 Å². The number of hydrogen-bond donors (Lipinski definition) is 2. The molecule has 1 aromatic heterocycles. The van der Waals surface area contributed by atoms with Gasteiger partial charge in [0.25, 0.3) is 5.91 Å². The zero-order valence-corrected chi connectivity index (χ0v) is 13.6. The molecular formula is C17H22N2O5. The van der Waals surface area contributed by atoms with Crippen LogP contribution in [0.15, 0.2) is 28.9 Å². The second-order valence-corrected chi connectivity index (χ2v) is 5.85. The number of carbonyl (C=O) groups is 3. The van der Waals surface area contributed by atoms with Crippen molar-refractivity contribution >= 4 is 24.0 Å². The number of hydrogen-bond acceptors (Lipinski definition) is 5. The highest BCUT2D eigenvalue weighted by Gasteiger charge is 2.23. The molecule has 7 nitrogen and oxygen atoms in total. The molecule has 0 radical (unpaired) electrons. The van der Waals surface area contributed by atoms with Crippen LogP contribution < -0.4 is 10.6 Å². The smallest absolute Gasteiger partial charge is 0.331 e. The Morgan fingerprint density at radius 3 is 2.83 bits per heavy atom. The van der Waals surface area contributed by atoms with Gasteiger partial charge >= 0.3 is 12.0 Å². The fourth-order valence-electron chi connectivity index (χ4n) is 2.62. The molecule has 3 amide bonds. The molecule has 2 atom stereocenters. The van der Waals surface area contributed by atoms with Crippen molar-refractivity contribution in [2.24, 2.45) is 5.92 Å². The summed E-state index contributed by atoms with van der Waals surface area (Å²) in [6.45, 7) is 1.56. The largest absolute Gasteiger partial charge is 0.465 e. The number of rotatable bonds is 5. The summed E-state index contributed by atoms with van der Waals surface area (Å²) in [7, 11) is 0. The number of urea groups is 1. The summed E-state index contributed by atoms with van der Waals surface area (Å²) in [6.07, 6.45) is 8.27. The van der Waals surface area contributed by atoms with E-state index in [0.717, 1.165) is 25.3 Å². The van der Waals surface area contributed by atoms with Crippen LogP contribution in [0.1, 0.15) is 38.4 Å². The lowest BCUT2D eigenvalue weighted by molar-refractivity contribution is -0.143. The maximum Gasteiger partial charge on any atom is 0.331 e.